The number of hydrogen-bond acceptors (Lipinski definition) is 3. The van der Waals surface area contributed by atoms with Gasteiger partial charge in [0.15, 0.2) is 11.4 Å². The van der Waals surface area contributed by atoms with Crippen LogP contribution in [0.5, 0.6) is 0 Å². The molecule has 1 heterocycles. The molecule has 0 unspecified atom stereocenters. The van der Waals surface area contributed by atoms with Crippen LogP contribution in [0.25, 0.3) is 0 Å². The Morgan fingerprint density at radius 1 is 1.00 bits per heavy atom. The molecule has 0 aliphatic rings. The van der Waals surface area contributed by atoms with Crippen molar-refractivity contribution in [2.75, 3.05) is 0 Å². The zero-order chi connectivity index (χ0) is 13.2. The van der Waals surface area contributed by atoms with Crippen LogP contribution >= 0.6 is 0 Å². The minimum atomic E-state index is -4.69. The van der Waals surface area contributed by atoms with Crippen LogP contribution in [0.1, 0.15) is 5.69 Å². The van der Waals surface area contributed by atoms with Crippen LogP contribution < -0.4 is 5.56 Å². The summed E-state index contributed by atoms with van der Waals surface area (Å²) in [5.74, 6) is 0. The van der Waals surface area contributed by atoms with E-state index in [2.05, 4.69) is 10.2 Å². The number of azo groups is 1. The van der Waals surface area contributed by atoms with E-state index in [4.69, 9.17) is 0 Å². The number of rotatable bonds is 2. The normalized spacial score (nSPS) is 12.2. The van der Waals surface area contributed by atoms with Crippen molar-refractivity contribution in [3.8, 4) is 0 Å². The minimum absolute atomic E-state index is 0.353. The van der Waals surface area contributed by atoms with E-state index < -0.39 is 23.1 Å². The van der Waals surface area contributed by atoms with Gasteiger partial charge in [-0.25, -0.2) is 0 Å². The summed E-state index contributed by atoms with van der Waals surface area (Å²) in [6.45, 7) is 0. The van der Waals surface area contributed by atoms with Crippen LogP contribution in [0.3, 0.4) is 0 Å². The molecule has 0 aliphatic heterocycles. The topological polar surface area (TPSA) is 73.4 Å². The first-order valence-corrected chi connectivity index (χ1v) is 4.83. The Morgan fingerprint density at radius 2 is 1.67 bits per heavy atom. The van der Waals surface area contributed by atoms with Crippen LogP contribution in [0.15, 0.2) is 45.4 Å². The summed E-state index contributed by atoms with van der Waals surface area (Å²) < 4.78 is 37.5. The van der Waals surface area contributed by atoms with Gasteiger partial charge in [0.1, 0.15) is 0 Å². The van der Waals surface area contributed by atoms with E-state index in [1.165, 1.54) is 0 Å². The Kier molecular flexibility index (Phi) is 3.00. The van der Waals surface area contributed by atoms with Gasteiger partial charge in [-0.2, -0.15) is 18.3 Å². The van der Waals surface area contributed by atoms with Gasteiger partial charge in [-0.3, -0.25) is 15.0 Å². The molecule has 94 valence electrons. The lowest BCUT2D eigenvalue weighted by atomic mass is 10.3. The second-order valence-corrected chi connectivity index (χ2v) is 3.34. The maximum Gasteiger partial charge on any atom is 0.435 e. The van der Waals surface area contributed by atoms with Crippen molar-refractivity contribution >= 4 is 11.4 Å². The molecular formula is C10H7F3N4O. The average Bonchev–Trinajstić information content (AvgIpc) is 2.69. The first-order chi connectivity index (χ1) is 8.48. The van der Waals surface area contributed by atoms with Crippen molar-refractivity contribution in [1.29, 1.82) is 0 Å². The standard InChI is InChI=1S/C10H7F3N4O/c11-10(12,13)8-7(9(18)17-16-8)15-14-6-4-2-1-3-5-6/h1-5H,(H2,16,17,18). The number of halogens is 3. The number of aromatic amines is 2. The molecule has 18 heavy (non-hydrogen) atoms. The predicted molar refractivity (Wildman–Crippen MR) is 57.0 cm³/mol. The summed E-state index contributed by atoms with van der Waals surface area (Å²) in [5, 5.41) is 10.5. The van der Waals surface area contributed by atoms with E-state index in [-0.39, 0.29) is 0 Å². The molecule has 5 nitrogen and oxygen atoms in total. The molecule has 0 spiro atoms. The molecule has 0 bridgehead atoms. The summed E-state index contributed by atoms with van der Waals surface area (Å²) in [5.41, 5.74) is -2.65. The van der Waals surface area contributed by atoms with Gasteiger partial charge in [-0.1, -0.05) is 18.2 Å². The molecule has 1 aromatic carbocycles. The third kappa shape index (κ3) is 2.47. The number of aromatic nitrogens is 2. The van der Waals surface area contributed by atoms with Crippen molar-refractivity contribution < 1.29 is 13.2 Å². The quantitative estimate of drug-likeness (QED) is 0.796. The van der Waals surface area contributed by atoms with E-state index >= 15 is 0 Å². The third-order valence-corrected chi connectivity index (χ3v) is 2.06. The highest BCUT2D eigenvalue weighted by Crippen LogP contribution is 2.32. The van der Waals surface area contributed by atoms with Crippen LogP contribution in [0.2, 0.25) is 0 Å². The van der Waals surface area contributed by atoms with Gasteiger partial charge in [-0.05, 0) is 12.1 Å². The van der Waals surface area contributed by atoms with E-state index in [1.807, 2.05) is 5.10 Å². The number of alkyl halides is 3. The van der Waals surface area contributed by atoms with Gasteiger partial charge < -0.3 is 0 Å². The third-order valence-electron chi connectivity index (χ3n) is 2.06. The summed E-state index contributed by atoms with van der Waals surface area (Å²) in [7, 11) is 0. The molecule has 0 amide bonds. The highest BCUT2D eigenvalue weighted by Gasteiger charge is 2.37. The molecule has 2 rings (SSSR count). The number of H-pyrrole nitrogens is 2. The van der Waals surface area contributed by atoms with Gasteiger partial charge in [0, 0.05) is 0 Å². The first kappa shape index (κ1) is 12.1. The van der Waals surface area contributed by atoms with Gasteiger partial charge in [0.2, 0.25) is 0 Å². The van der Waals surface area contributed by atoms with Crippen molar-refractivity contribution in [1.82, 2.24) is 10.2 Å². The Hall–Kier alpha value is -2.38. The van der Waals surface area contributed by atoms with Crippen molar-refractivity contribution in [3.05, 3.63) is 46.4 Å². The molecule has 0 radical (unpaired) electrons. The fourth-order valence-electron chi connectivity index (χ4n) is 1.25. The predicted octanol–water partition coefficient (Wildman–Crippen LogP) is 3.14. The zero-order valence-corrected chi connectivity index (χ0v) is 8.82. The van der Waals surface area contributed by atoms with Crippen LogP contribution in [-0.4, -0.2) is 10.2 Å². The molecule has 1 aromatic heterocycles. The Bertz CT molecular complexity index is 612. The molecule has 0 fully saturated rings. The SMILES string of the molecule is O=c1[nH][nH]c(C(F)(F)F)c1N=Nc1ccccc1. The summed E-state index contributed by atoms with van der Waals surface area (Å²) >= 11 is 0. The molecular weight excluding hydrogens is 249 g/mol. The maximum atomic E-state index is 12.5. The lowest BCUT2D eigenvalue weighted by Crippen LogP contribution is -2.06. The number of nitrogens with zero attached hydrogens (tertiary/aromatic N) is 2. The average molecular weight is 256 g/mol. The molecule has 2 aromatic rings. The Balaban J connectivity index is 2.38. The highest BCUT2D eigenvalue weighted by molar-refractivity contribution is 5.42. The first-order valence-electron chi connectivity index (χ1n) is 4.83. The van der Waals surface area contributed by atoms with Gasteiger partial charge in [0.25, 0.3) is 5.56 Å². The van der Waals surface area contributed by atoms with Crippen molar-refractivity contribution in [3.63, 3.8) is 0 Å². The summed E-state index contributed by atoms with van der Waals surface area (Å²) in [4.78, 5) is 11.2. The van der Waals surface area contributed by atoms with Crippen molar-refractivity contribution in [2.45, 2.75) is 6.18 Å². The lowest BCUT2D eigenvalue weighted by molar-refractivity contribution is -0.140. The highest BCUT2D eigenvalue weighted by atomic mass is 19.4. The maximum absolute atomic E-state index is 12.5. The largest absolute Gasteiger partial charge is 0.435 e. The molecule has 8 heteroatoms. The lowest BCUT2D eigenvalue weighted by Gasteiger charge is -2.02. The second-order valence-electron chi connectivity index (χ2n) is 3.34. The van der Waals surface area contributed by atoms with Crippen LogP contribution in [0.4, 0.5) is 24.5 Å². The number of benzene rings is 1. The van der Waals surface area contributed by atoms with Crippen molar-refractivity contribution in [2.24, 2.45) is 10.2 Å². The van der Waals surface area contributed by atoms with Gasteiger partial charge in [-0.15, -0.1) is 5.11 Å². The monoisotopic (exact) mass is 256 g/mol. The fourth-order valence-corrected chi connectivity index (χ4v) is 1.25. The van der Waals surface area contributed by atoms with E-state index in [1.54, 1.807) is 35.4 Å². The minimum Gasteiger partial charge on any atom is -0.292 e. The Morgan fingerprint density at radius 3 is 2.28 bits per heavy atom. The second kappa shape index (κ2) is 4.47. The van der Waals surface area contributed by atoms with E-state index in [0.717, 1.165) is 0 Å². The van der Waals surface area contributed by atoms with Gasteiger partial charge >= 0.3 is 6.18 Å². The molecule has 2 N–H and O–H groups in total. The summed E-state index contributed by atoms with van der Waals surface area (Å²) in [6, 6.07) is 8.14. The van der Waals surface area contributed by atoms with E-state index in [9.17, 15) is 18.0 Å². The van der Waals surface area contributed by atoms with Gasteiger partial charge in [0.05, 0.1) is 5.69 Å². The number of hydrogen-bond donors (Lipinski definition) is 2. The number of nitrogens with one attached hydrogen (secondary N) is 2. The summed E-state index contributed by atoms with van der Waals surface area (Å²) in [6.07, 6.45) is -4.69. The molecule has 0 atom stereocenters. The Labute approximate surface area is 98.4 Å². The van der Waals surface area contributed by atoms with Crippen LogP contribution in [0, 0.1) is 0 Å². The molecule has 0 aliphatic carbocycles. The fraction of sp³-hybridized carbons (Fsp3) is 0.100. The van der Waals surface area contributed by atoms with Crippen LogP contribution in [-0.2, 0) is 6.18 Å². The molecule has 0 saturated heterocycles. The smallest absolute Gasteiger partial charge is 0.292 e. The zero-order valence-electron chi connectivity index (χ0n) is 8.82. The van der Waals surface area contributed by atoms with E-state index in [0.29, 0.717) is 5.69 Å². The molecule has 0 saturated carbocycles.